The molecular weight excluding hydrogens is 228 g/mol. The maximum Gasteiger partial charge on any atom is 0.178 e. The van der Waals surface area contributed by atoms with Crippen molar-refractivity contribution in [1.29, 1.82) is 0 Å². The van der Waals surface area contributed by atoms with Crippen molar-refractivity contribution >= 4 is 24.0 Å². The molecule has 0 radical (unpaired) electrons. The van der Waals surface area contributed by atoms with Gasteiger partial charge in [-0.1, -0.05) is 57.5 Å². The molecule has 16 heavy (non-hydrogen) atoms. The number of hydrogen-bond acceptors (Lipinski definition) is 1. The molecule has 1 nitrogen and oxygen atoms in total. The largest absolute Gasteiger partial charge is 0.458 e. The molecule has 0 saturated carbocycles. The Kier molecular flexibility index (Phi) is 5.45. The zero-order valence-electron chi connectivity index (χ0n) is 11.2. The van der Waals surface area contributed by atoms with Crippen LogP contribution in [0.1, 0.15) is 33.3 Å². The summed E-state index contributed by atoms with van der Waals surface area (Å²) in [5, 5.41) is 1.47. The lowest BCUT2D eigenvalue weighted by molar-refractivity contribution is 0.577. The van der Waals surface area contributed by atoms with Crippen LogP contribution in [-0.4, -0.2) is 18.8 Å². The van der Waals surface area contributed by atoms with Gasteiger partial charge in [0.1, 0.15) is 0 Å². The summed E-state index contributed by atoms with van der Waals surface area (Å²) >= 11 is 0. The van der Waals surface area contributed by atoms with E-state index in [9.17, 15) is 0 Å². The zero-order chi connectivity index (χ0) is 12.1. The first-order chi connectivity index (χ1) is 7.52. The number of rotatable bonds is 5. The predicted molar refractivity (Wildman–Crippen MR) is 77.8 cm³/mol. The van der Waals surface area contributed by atoms with E-state index >= 15 is 0 Å². The van der Waals surface area contributed by atoms with Gasteiger partial charge in [0, 0.05) is 0 Å². The van der Waals surface area contributed by atoms with Crippen molar-refractivity contribution in [3.63, 3.8) is 0 Å². The summed E-state index contributed by atoms with van der Waals surface area (Å²) in [6, 6.07) is 8.65. The molecule has 0 N–H and O–H groups in total. The molecule has 0 amide bonds. The van der Waals surface area contributed by atoms with Crippen LogP contribution in [0.25, 0.3) is 0 Å². The summed E-state index contributed by atoms with van der Waals surface area (Å²) < 4.78 is 6.31. The standard InChI is InChI=1S/C13H24OSi2/c1-10(2)16(11(3)4)14-15-13-9-7-6-8-12(13)5/h6-11,16H,15H2,1-5H3. The summed E-state index contributed by atoms with van der Waals surface area (Å²) in [6.07, 6.45) is 0. The first-order valence-electron chi connectivity index (χ1n) is 6.18. The van der Waals surface area contributed by atoms with Gasteiger partial charge >= 0.3 is 0 Å². The molecule has 1 aromatic rings. The molecule has 0 unspecified atom stereocenters. The topological polar surface area (TPSA) is 9.23 Å². The van der Waals surface area contributed by atoms with Gasteiger partial charge in [-0.25, -0.2) is 0 Å². The van der Waals surface area contributed by atoms with Crippen molar-refractivity contribution in [2.24, 2.45) is 0 Å². The molecule has 0 aromatic heterocycles. The number of hydrogen-bond donors (Lipinski definition) is 0. The maximum absolute atomic E-state index is 6.31. The third-order valence-electron chi connectivity index (χ3n) is 3.01. The Balaban J connectivity index is 2.59. The van der Waals surface area contributed by atoms with Crippen LogP contribution in [0.4, 0.5) is 0 Å². The molecule has 0 atom stereocenters. The van der Waals surface area contributed by atoms with E-state index in [2.05, 4.69) is 58.9 Å². The van der Waals surface area contributed by atoms with Gasteiger partial charge in [-0.15, -0.1) is 0 Å². The zero-order valence-corrected chi connectivity index (χ0v) is 13.7. The van der Waals surface area contributed by atoms with Crippen molar-refractivity contribution in [1.82, 2.24) is 0 Å². The predicted octanol–water partition coefficient (Wildman–Crippen LogP) is 2.26. The van der Waals surface area contributed by atoms with E-state index in [0.29, 0.717) is 0 Å². The van der Waals surface area contributed by atoms with Crippen LogP contribution in [0.2, 0.25) is 11.1 Å². The van der Waals surface area contributed by atoms with E-state index in [1.165, 1.54) is 10.8 Å². The Morgan fingerprint density at radius 2 is 1.62 bits per heavy atom. The molecule has 0 heterocycles. The van der Waals surface area contributed by atoms with E-state index < -0.39 is 18.8 Å². The molecule has 0 aliphatic rings. The van der Waals surface area contributed by atoms with Crippen molar-refractivity contribution < 1.29 is 4.12 Å². The molecule has 90 valence electrons. The second-order valence-electron chi connectivity index (χ2n) is 5.19. The number of benzene rings is 1. The second kappa shape index (κ2) is 6.37. The van der Waals surface area contributed by atoms with E-state index in [0.717, 1.165) is 11.1 Å². The van der Waals surface area contributed by atoms with Crippen LogP contribution in [0, 0.1) is 6.92 Å². The Morgan fingerprint density at radius 1 is 1.06 bits per heavy atom. The normalized spacial score (nSPS) is 12.5. The molecule has 1 aromatic carbocycles. The first-order valence-corrected chi connectivity index (χ1v) is 9.27. The molecule has 0 spiro atoms. The van der Waals surface area contributed by atoms with Crippen LogP contribution < -0.4 is 5.19 Å². The molecule has 0 aliphatic carbocycles. The van der Waals surface area contributed by atoms with E-state index in [1.54, 1.807) is 0 Å². The van der Waals surface area contributed by atoms with Gasteiger partial charge in [-0.05, 0) is 23.2 Å². The van der Waals surface area contributed by atoms with Gasteiger partial charge < -0.3 is 4.12 Å². The Hall–Kier alpha value is -0.386. The highest BCUT2D eigenvalue weighted by molar-refractivity contribution is 6.65. The summed E-state index contributed by atoms with van der Waals surface area (Å²) in [4.78, 5) is 0. The quantitative estimate of drug-likeness (QED) is 0.731. The van der Waals surface area contributed by atoms with Crippen LogP contribution in [-0.2, 0) is 4.12 Å². The summed E-state index contributed by atoms with van der Waals surface area (Å²) in [5.41, 5.74) is 2.89. The van der Waals surface area contributed by atoms with Gasteiger partial charge in [-0.3, -0.25) is 0 Å². The van der Waals surface area contributed by atoms with Crippen LogP contribution in [0.5, 0.6) is 0 Å². The van der Waals surface area contributed by atoms with E-state index in [1.807, 2.05) is 0 Å². The highest BCUT2D eigenvalue weighted by atomic mass is 28.3. The van der Waals surface area contributed by atoms with Crippen LogP contribution in [0.3, 0.4) is 0 Å². The molecule has 1 rings (SSSR count). The molecule has 0 fully saturated rings. The third-order valence-corrected chi connectivity index (χ3v) is 8.95. The SMILES string of the molecule is Cc1ccccc1[SiH2]O[SiH](C(C)C)C(C)C. The molecule has 3 heteroatoms. The fraction of sp³-hybridized carbons (Fsp3) is 0.538. The highest BCUT2D eigenvalue weighted by Gasteiger charge is 2.20. The van der Waals surface area contributed by atoms with E-state index in [4.69, 9.17) is 4.12 Å². The van der Waals surface area contributed by atoms with Crippen LogP contribution >= 0.6 is 0 Å². The molecule has 0 bridgehead atoms. The smallest absolute Gasteiger partial charge is 0.178 e. The minimum Gasteiger partial charge on any atom is -0.458 e. The van der Waals surface area contributed by atoms with E-state index in [-0.39, 0.29) is 0 Å². The molecule has 0 aliphatic heterocycles. The lowest BCUT2D eigenvalue weighted by Gasteiger charge is -2.24. The fourth-order valence-corrected chi connectivity index (χ4v) is 8.80. The average molecular weight is 253 g/mol. The second-order valence-corrected chi connectivity index (χ2v) is 11.2. The fourth-order valence-electron chi connectivity index (χ4n) is 2.11. The van der Waals surface area contributed by atoms with Crippen molar-refractivity contribution in [2.75, 3.05) is 0 Å². The summed E-state index contributed by atoms with van der Waals surface area (Å²) in [6.45, 7) is 11.4. The van der Waals surface area contributed by atoms with Gasteiger partial charge in [0.15, 0.2) is 18.8 Å². The molecule has 0 saturated heterocycles. The van der Waals surface area contributed by atoms with Crippen molar-refractivity contribution in [3.8, 4) is 0 Å². The van der Waals surface area contributed by atoms with Gasteiger partial charge in [0.25, 0.3) is 0 Å². The minimum absolute atomic E-state index is 0.512. The van der Waals surface area contributed by atoms with Crippen molar-refractivity contribution in [3.05, 3.63) is 29.8 Å². The van der Waals surface area contributed by atoms with Gasteiger partial charge in [0.2, 0.25) is 0 Å². The summed E-state index contributed by atoms with van der Waals surface area (Å²) in [7, 11) is -1.52. The maximum atomic E-state index is 6.31. The average Bonchev–Trinajstić information content (AvgIpc) is 2.20. The Morgan fingerprint density at radius 3 is 2.12 bits per heavy atom. The monoisotopic (exact) mass is 252 g/mol. The van der Waals surface area contributed by atoms with Crippen molar-refractivity contribution in [2.45, 2.75) is 45.7 Å². The highest BCUT2D eigenvalue weighted by Crippen LogP contribution is 2.20. The Labute approximate surface area is 104 Å². The Bertz CT molecular complexity index is 315. The minimum atomic E-state index is -1.01. The third kappa shape index (κ3) is 3.88. The molecular formula is C13H24OSi2. The summed E-state index contributed by atoms with van der Waals surface area (Å²) in [5.74, 6) is 0. The lowest BCUT2D eigenvalue weighted by atomic mass is 10.2. The van der Waals surface area contributed by atoms with Crippen LogP contribution in [0.15, 0.2) is 24.3 Å². The number of aryl methyl sites for hydroxylation is 1. The first kappa shape index (κ1) is 13.7. The van der Waals surface area contributed by atoms with Gasteiger partial charge in [-0.2, -0.15) is 0 Å². The van der Waals surface area contributed by atoms with Gasteiger partial charge in [0.05, 0.1) is 0 Å². The lowest BCUT2D eigenvalue weighted by Crippen LogP contribution is -2.32.